The molecule has 2 fully saturated rings. The molecule has 4 heteroatoms. The van der Waals surface area contributed by atoms with Crippen LogP contribution in [-0.2, 0) is 0 Å². The summed E-state index contributed by atoms with van der Waals surface area (Å²) in [6.45, 7) is 2.91. The molecule has 1 nitrogen and oxygen atoms in total. The van der Waals surface area contributed by atoms with Crippen LogP contribution in [0.15, 0.2) is 0 Å². The molecule has 2 aliphatic rings. The maximum Gasteiger partial charge on any atom is 0.391 e. The molecule has 2 aliphatic carbocycles. The highest BCUT2D eigenvalue weighted by Gasteiger charge is 2.43. The van der Waals surface area contributed by atoms with Gasteiger partial charge in [0, 0.05) is 6.04 Å². The van der Waals surface area contributed by atoms with Gasteiger partial charge in [-0.05, 0) is 44.1 Å². The first-order chi connectivity index (χ1) is 8.50. The fourth-order valence-corrected chi connectivity index (χ4v) is 3.31. The third kappa shape index (κ3) is 3.87. The van der Waals surface area contributed by atoms with E-state index in [-0.39, 0.29) is 5.92 Å². The number of hydrogen-bond acceptors (Lipinski definition) is 1. The summed E-state index contributed by atoms with van der Waals surface area (Å²) in [5.41, 5.74) is 0. The number of rotatable bonds is 5. The minimum Gasteiger partial charge on any atom is -0.314 e. The van der Waals surface area contributed by atoms with Gasteiger partial charge in [-0.1, -0.05) is 26.2 Å². The van der Waals surface area contributed by atoms with E-state index in [0.29, 0.717) is 18.9 Å². The molecule has 106 valence electrons. The van der Waals surface area contributed by atoms with Gasteiger partial charge in [-0.15, -0.1) is 0 Å². The zero-order chi connectivity index (χ0) is 13.2. The van der Waals surface area contributed by atoms with Gasteiger partial charge >= 0.3 is 6.18 Å². The fraction of sp³-hybridized carbons (Fsp3) is 1.00. The average Bonchev–Trinajstić information content (AvgIpc) is 3.12. The highest BCUT2D eigenvalue weighted by Crippen LogP contribution is 2.43. The molecule has 0 saturated heterocycles. The van der Waals surface area contributed by atoms with Crippen molar-refractivity contribution < 1.29 is 13.2 Å². The summed E-state index contributed by atoms with van der Waals surface area (Å²) in [5.74, 6) is -0.0529. The first-order valence-electron chi connectivity index (χ1n) is 7.30. The van der Waals surface area contributed by atoms with Gasteiger partial charge < -0.3 is 5.32 Å². The van der Waals surface area contributed by atoms with Crippen molar-refractivity contribution in [3.8, 4) is 0 Å². The van der Waals surface area contributed by atoms with Crippen LogP contribution in [0.25, 0.3) is 0 Å². The molecule has 0 radical (unpaired) electrons. The Morgan fingerprint density at radius 1 is 1.17 bits per heavy atom. The van der Waals surface area contributed by atoms with Gasteiger partial charge in [-0.3, -0.25) is 0 Å². The molecule has 2 rings (SSSR count). The van der Waals surface area contributed by atoms with Crippen LogP contribution in [0.3, 0.4) is 0 Å². The summed E-state index contributed by atoms with van der Waals surface area (Å²) in [4.78, 5) is 0. The van der Waals surface area contributed by atoms with Crippen molar-refractivity contribution in [3.05, 3.63) is 0 Å². The topological polar surface area (TPSA) is 12.0 Å². The van der Waals surface area contributed by atoms with E-state index in [1.807, 2.05) is 6.92 Å². The summed E-state index contributed by atoms with van der Waals surface area (Å²) in [5, 5.41) is 3.43. The first kappa shape index (κ1) is 14.2. The van der Waals surface area contributed by atoms with E-state index in [0.717, 1.165) is 31.7 Å². The molecular formula is C14H24F3N. The Labute approximate surface area is 108 Å². The lowest BCUT2D eigenvalue weighted by Gasteiger charge is -2.36. The second kappa shape index (κ2) is 5.81. The molecule has 2 saturated carbocycles. The van der Waals surface area contributed by atoms with Gasteiger partial charge in [0.05, 0.1) is 5.92 Å². The van der Waals surface area contributed by atoms with Crippen molar-refractivity contribution >= 4 is 0 Å². The Balaban J connectivity index is 1.91. The lowest BCUT2D eigenvalue weighted by atomic mass is 9.76. The number of hydrogen-bond donors (Lipinski definition) is 1. The van der Waals surface area contributed by atoms with Gasteiger partial charge in [0.1, 0.15) is 0 Å². The van der Waals surface area contributed by atoms with Gasteiger partial charge in [-0.25, -0.2) is 0 Å². The number of nitrogens with one attached hydrogen (secondary N) is 1. The highest BCUT2D eigenvalue weighted by atomic mass is 19.4. The molecule has 3 unspecified atom stereocenters. The van der Waals surface area contributed by atoms with Crippen LogP contribution in [0.4, 0.5) is 13.2 Å². The second-order valence-corrected chi connectivity index (χ2v) is 6.01. The quantitative estimate of drug-likeness (QED) is 0.786. The van der Waals surface area contributed by atoms with E-state index in [2.05, 4.69) is 5.32 Å². The zero-order valence-electron chi connectivity index (χ0n) is 11.1. The Bertz CT molecular complexity index is 260. The molecule has 0 bridgehead atoms. The van der Waals surface area contributed by atoms with Crippen LogP contribution in [-0.4, -0.2) is 18.8 Å². The minimum atomic E-state index is -3.99. The minimum absolute atomic E-state index is 0.228. The fourth-order valence-electron chi connectivity index (χ4n) is 3.31. The van der Waals surface area contributed by atoms with Crippen molar-refractivity contribution in [1.82, 2.24) is 5.32 Å². The van der Waals surface area contributed by atoms with Crippen LogP contribution < -0.4 is 5.32 Å². The van der Waals surface area contributed by atoms with Crippen molar-refractivity contribution in [3.63, 3.8) is 0 Å². The lowest BCUT2D eigenvalue weighted by molar-refractivity contribution is -0.186. The highest BCUT2D eigenvalue weighted by molar-refractivity contribution is 4.88. The van der Waals surface area contributed by atoms with Crippen molar-refractivity contribution in [1.29, 1.82) is 0 Å². The summed E-state index contributed by atoms with van der Waals surface area (Å²) >= 11 is 0. The summed E-state index contributed by atoms with van der Waals surface area (Å²) in [6.07, 6.45) is 2.03. The zero-order valence-corrected chi connectivity index (χ0v) is 11.1. The summed E-state index contributed by atoms with van der Waals surface area (Å²) in [7, 11) is 0. The van der Waals surface area contributed by atoms with Crippen molar-refractivity contribution in [2.75, 3.05) is 6.54 Å². The molecule has 0 aromatic rings. The SMILES string of the molecule is CCNC(CC1CC1)C1CCCC(C(F)(F)F)C1. The maximum absolute atomic E-state index is 12.8. The number of halogens is 3. The van der Waals surface area contributed by atoms with E-state index in [9.17, 15) is 13.2 Å². The Morgan fingerprint density at radius 3 is 2.44 bits per heavy atom. The van der Waals surface area contributed by atoms with Gasteiger partial charge in [0.15, 0.2) is 0 Å². The standard InChI is InChI=1S/C14H24F3N/c1-2-18-13(8-10-6-7-10)11-4-3-5-12(9-11)14(15,16)17/h10-13,18H,2-9H2,1H3. The smallest absolute Gasteiger partial charge is 0.314 e. The molecule has 0 spiro atoms. The molecule has 0 aliphatic heterocycles. The van der Waals surface area contributed by atoms with Crippen LogP contribution in [0.2, 0.25) is 0 Å². The van der Waals surface area contributed by atoms with E-state index >= 15 is 0 Å². The Hall–Kier alpha value is -0.250. The Morgan fingerprint density at radius 2 is 1.89 bits per heavy atom. The average molecular weight is 263 g/mol. The molecule has 3 atom stereocenters. The van der Waals surface area contributed by atoms with E-state index in [1.54, 1.807) is 0 Å². The molecule has 0 heterocycles. The molecule has 18 heavy (non-hydrogen) atoms. The lowest BCUT2D eigenvalue weighted by Crippen LogP contribution is -2.41. The largest absolute Gasteiger partial charge is 0.391 e. The predicted octanol–water partition coefficient (Wildman–Crippen LogP) is 4.13. The van der Waals surface area contributed by atoms with Gasteiger partial charge in [0.2, 0.25) is 0 Å². The van der Waals surface area contributed by atoms with Crippen LogP contribution >= 0.6 is 0 Å². The number of alkyl halides is 3. The van der Waals surface area contributed by atoms with Gasteiger partial charge in [0.25, 0.3) is 0 Å². The molecule has 0 aromatic heterocycles. The second-order valence-electron chi connectivity index (χ2n) is 6.01. The summed E-state index contributed by atoms with van der Waals surface area (Å²) < 4.78 is 38.5. The third-order valence-corrected chi connectivity index (χ3v) is 4.50. The van der Waals surface area contributed by atoms with E-state index < -0.39 is 12.1 Å². The van der Waals surface area contributed by atoms with Crippen molar-refractivity contribution in [2.24, 2.45) is 17.8 Å². The monoisotopic (exact) mass is 263 g/mol. The molecule has 0 amide bonds. The van der Waals surface area contributed by atoms with Gasteiger partial charge in [-0.2, -0.15) is 13.2 Å². The summed E-state index contributed by atoms with van der Waals surface area (Å²) in [6, 6.07) is 0.313. The Kier molecular flexibility index (Phi) is 4.57. The normalized spacial score (nSPS) is 31.3. The van der Waals surface area contributed by atoms with Crippen LogP contribution in [0.1, 0.15) is 51.9 Å². The molecule has 0 aromatic carbocycles. The third-order valence-electron chi connectivity index (χ3n) is 4.50. The van der Waals surface area contributed by atoms with E-state index in [4.69, 9.17) is 0 Å². The van der Waals surface area contributed by atoms with Crippen molar-refractivity contribution in [2.45, 2.75) is 64.1 Å². The first-order valence-corrected chi connectivity index (χ1v) is 7.30. The van der Waals surface area contributed by atoms with Crippen LogP contribution in [0, 0.1) is 17.8 Å². The molecule has 1 N–H and O–H groups in total. The maximum atomic E-state index is 12.8. The predicted molar refractivity (Wildman–Crippen MR) is 66.3 cm³/mol. The molecular weight excluding hydrogens is 239 g/mol. The van der Waals surface area contributed by atoms with E-state index in [1.165, 1.54) is 12.8 Å². The van der Waals surface area contributed by atoms with Crippen LogP contribution in [0.5, 0.6) is 0 Å².